The van der Waals surface area contributed by atoms with E-state index < -0.39 is 11.2 Å². The maximum absolute atomic E-state index is 13.0. The highest BCUT2D eigenvalue weighted by atomic mass is 32.2. The summed E-state index contributed by atoms with van der Waals surface area (Å²) in [4.78, 5) is 22.1. The van der Waals surface area contributed by atoms with Crippen molar-refractivity contribution >= 4 is 23.6 Å². The van der Waals surface area contributed by atoms with Crippen molar-refractivity contribution in [2.45, 2.75) is 25.6 Å². The van der Waals surface area contributed by atoms with Crippen LogP contribution in [0.5, 0.6) is 0 Å². The second-order valence-electron chi connectivity index (χ2n) is 4.15. The molecule has 0 bridgehead atoms. The Kier molecular flexibility index (Phi) is 5.82. The lowest BCUT2D eigenvalue weighted by molar-refractivity contribution is -0.136. The van der Waals surface area contributed by atoms with E-state index in [-0.39, 0.29) is 17.5 Å². The lowest BCUT2D eigenvalue weighted by atomic mass is 10.1. The highest BCUT2D eigenvalue weighted by Crippen LogP contribution is 2.11. The molecule has 104 valence electrons. The fourth-order valence-corrected chi connectivity index (χ4v) is 1.99. The van der Waals surface area contributed by atoms with Gasteiger partial charge in [0.2, 0.25) is 5.91 Å². The van der Waals surface area contributed by atoms with Gasteiger partial charge in [0.25, 0.3) is 0 Å². The minimum Gasteiger partial charge on any atom is -0.480 e. The van der Waals surface area contributed by atoms with Crippen molar-refractivity contribution in [1.82, 2.24) is 5.32 Å². The first kappa shape index (κ1) is 15.5. The summed E-state index contributed by atoms with van der Waals surface area (Å²) in [6.07, 6.45) is 0. The number of thioether (sulfide) groups is 1. The van der Waals surface area contributed by atoms with Gasteiger partial charge in [-0.05, 0) is 31.0 Å². The number of amides is 1. The minimum absolute atomic E-state index is 0.0909. The molecular formula is C13H16FNO3S. The number of carboxylic acids is 1. The van der Waals surface area contributed by atoms with Crippen LogP contribution in [0.15, 0.2) is 18.2 Å². The summed E-state index contributed by atoms with van der Waals surface area (Å²) in [5.74, 6) is -1.36. The van der Waals surface area contributed by atoms with E-state index in [0.717, 1.165) is 17.3 Å². The van der Waals surface area contributed by atoms with E-state index in [1.807, 2.05) is 0 Å². The van der Waals surface area contributed by atoms with Crippen LogP contribution in [0.25, 0.3) is 0 Å². The number of benzene rings is 1. The second kappa shape index (κ2) is 7.13. The smallest absolute Gasteiger partial charge is 0.316 e. The maximum atomic E-state index is 13.0. The lowest BCUT2D eigenvalue weighted by Crippen LogP contribution is -2.26. The van der Waals surface area contributed by atoms with E-state index in [1.165, 1.54) is 13.0 Å². The molecule has 0 saturated heterocycles. The quantitative estimate of drug-likeness (QED) is 0.838. The van der Waals surface area contributed by atoms with E-state index in [1.54, 1.807) is 19.1 Å². The Morgan fingerprint density at radius 1 is 1.47 bits per heavy atom. The molecule has 2 N–H and O–H groups in total. The molecule has 0 aliphatic heterocycles. The summed E-state index contributed by atoms with van der Waals surface area (Å²) >= 11 is 1.06. The topological polar surface area (TPSA) is 66.4 Å². The van der Waals surface area contributed by atoms with Gasteiger partial charge in [0.1, 0.15) is 5.82 Å². The van der Waals surface area contributed by atoms with Crippen LogP contribution < -0.4 is 5.32 Å². The molecule has 0 aromatic heterocycles. The Morgan fingerprint density at radius 3 is 2.74 bits per heavy atom. The van der Waals surface area contributed by atoms with Crippen LogP contribution in [-0.4, -0.2) is 28.0 Å². The number of hydrogen-bond acceptors (Lipinski definition) is 3. The van der Waals surface area contributed by atoms with Crippen LogP contribution >= 0.6 is 11.8 Å². The van der Waals surface area contributed by atoms with Gasteiger partial charge in [-0.15, -0.1) is 11.8 Å². The predicted octanol–water partition coefficient (Wildman–Crippen LogP) is 1.96. The van der Waals surface area contributed by atoms with Gasteiger partial charge in [0, 0.05) is 6.54 Å². The summed E-state index contributed by atoms with van der Waals surface area (Å²) in [5, 5.41) is 10.7. The molecule has 0 fully saturated rings. The maximum Gasteiger partial charge on any atom is 0.316 e. The third kappa shape index (κ3) is 5.30. The number of hydrogen-bond donors (Lipinski definition) is 2. The number of rotatable bonds is 6. The zero-order chi connectivity index (χ0) is 14.4. The van der Waals surface area contributed by atoms with Gasteiger partial charge in [0.15, 0.2) is 0 Å². The third-order valence-corrected chi connectivity index (χ3v) is 3.65. The van der Waals surface area contributed by atoms with Crippen LogP contribution in [0.3, 0.4) is 0 Å². The fraction of sp³-hybridized carbons (Fsp3) is 0.385. The first-order valence-electron chi connectivity index (χ1n) is 5.76. The van der Waals surface area contributed by atoms with Crippen LogP contribution in [0, 0.1) is 12.7 Å². The van der Waals surface area contributed by atoms with Crippen LogP contribution in [0.2, 0.25) is 0 Å². The predicted molar refractivity (Wildman–Crippen MR) is 72.5 cm³/mol. The van der Waals surface area contributed by atoms with Crippen molar-refractivity contribution in [1.29, 1.82) is 0 Å². The zero-order valence-corrected chi connectivity index (χ0v) is 11.6. The van der Waals surface area contributed by atoms with Crippen molar-refractivity contribution in [3.63, 3.8) is 0 Å². The number of aliphatic carboxylic acids is 1. The SMILES string of the molecule is Cc1cc(CNC(=O)CSC(C)C(=O)O)ccc1F. The van der Waals surface area contributed by atoms with E-state index in [4.69, 9.17) is 5.11 Å². The van der Waals surface area contributed by atoms with Gasteiger partial charge in [-0.25, -0.2) is 4.39 Å². The molecule has 0 saturated carbocycles. The molecule has 1 amide bonds. The van der Waals surface area contributed by atoms with Gasteiger partial charge in [-0.2, -0.15) is 0 Å². The normalized spacial score (nSPS) is 11.9. The van der Waals surface area contributed by atoms with Crippen molar-refractivity contribution < 1.29 is 19.1 Å². The average Bonchev–Trinajstić information content (AvgIpc) is 2.37. The van der Waals surface area contributed by atoms with E-state index in [2.05, 4.69) is 5.32 Å². The third-order valence-electron chi connectivity index (χ3n) is 2.52. The fourth-order valence-electron chi connectivity index (χ4n) is 1.34. The molecule has 1 atom stereocenters. The zero-order valence-electron chi connectivity index (χ0n) is 10.8. The highest BCUT2D eigenvalue weighted by Gasteiger charge is 2.13. The van der Waals surface area contributed by atoms with Gasteiger partial charge in [-0.3, -0.25) is 9.59 Å². The van der Waals surface area contributed by atoms with Gasteiger partial charge >= 0.3 is 5.97 Å². The monoisotopic (exact) mass is 285 g/mol. The summed E-state index contributed by atoms with van der Waals surface area (Å²) in [7, 11) is 0. The van der Waals surface area contributed by atoms with E-state index in [0.29, 0.717) is 12.1 Å². The average molecular weight is 285 g/mol. The largest absolute Gasteiger partial charge is 0.480 e. The second-order valence-corrected chi connectivity index (χ2v) is 5.48. The van der Waals surface area contributed by atoms with E-state index >= 15 is 0 Å². The molecule has 1 aromatic carbocycles. The Labute approximate surface area is 115 Å². The van der Waals surface area contributed by atoms with Gasteiger partial charge in [0.05, 0.1) is 11.0 Å². The number of nitrogens with one attached hydrogen (secondary N) is 1. The summed E-state index contributed by atoms with van der Waals surface area (Å²) in [6, 6.07) is 4.64. The molecule has 0 spiro atoms. The van der Waals surface area contributed by atoms with Crippen molar-refractivity contribution in [3.05, 3.63) is 35.1 Å². The molecule has 0 radical (unpaired) electrons. The molecular weight excluding hydrogens is 269 g/mol. The van der Waals surface area contributed by atoms with Crippen molar-refractivity contribution in [2.24, 2.45) is 0 Å². The molecule has 1 unspecified atom stereocenters. The number of carbonyl (C=O) groups is 2. The number of halogens is 1. The first-order chi connectivity index (χ1) is 8.90. The molecule has 0 heterocycles. The molecule has 6 heteroatoms. The standard InChI is InChI=1S/C13H16FNO3S/c1-8-5-10(3-4-11(8)14)6-15-12(16)7-19-9(2)13(17)18/h3-5,9H,6-7H2,1-2H3,(H,15,16)(H,17,18). The summed E-state index contributed by atoms with van der Waals surface area (Å²) < 4.78 is 13.0. The molecule has 1 rings (SSSR count). The number of aryl methyl sites for hydroxylation is 1. The van der Waals surface area contributed by atoms with Crippen molar-refractivity contribution in [3.8, 4) is 0 Å². The van der Waals surface area contributed by atoms with Crippen LogP contribution in [-0.2, 0) is 16.1 Å². The summed E-state index contributed by atoms with van der Waals surface area (Å²) in [6.45, 7) is 3.50. The lowest BCUT2D eigenvalue weighted by Gasteiger charge is -2.08. The van der Waals surface area contributed by atoms with Gasteiger partial charge in [-0.1, -0.05) is 12.1 Å². The molecule has 0 aliphatic rings. The van der Waals surface area contributed by atoms with E-state index in [9.17, 15) is 14.0 Å². The highest BCUT2D eigenvalue weighted by molar-refractivity contribution is 8.01. The Balaban J connectivity index is 2.37. The first-order valence-corrected chi connectivity index (χ1v) is 6.81. The minimum atomic E-state index is -0.938. The molecule has 0 aliphatic carbocycles. The number of carbonyl (C=O) groups excluding carboxylic acids is 1. The molecule has 4 nitrogen and oxygen atoms in total. The number of carboxylic acid groups (broad SMARTS) is 1. The Morgan fingerprint density at radius 2 is 2.16 bits per heavy atom. The summed E-state index contributed by atoms with van der Waals surface area (Å²) in [5.41, 5.74) is 1.34. The Hall–Kier alpha value is -1.56. The Bertz CT molecular complexity index is 479. The van der Waals surface area contributed by atoms with Gasteiger partial charge < -0.3 is 10.4 Å². The molecule has 1 aromatic rings. The van der Waals surface area contributed by atoms with Crippen LogP contribution in [0.4, 0.5) is 4.39 Å². The molecule has 19 heavy (non-hydrogen) atoms. The van der Waals surface area contributed by atoms with Crippen LogP contribution in [0.1, 0.15) is 18.1 Å². The van der Waals surface area contributed by atoms with Crippen molar-refractivity contribution in [2.75, 3.05) is 5.75 Å².